The average Bonchev–Trinajstić information content (AvgIpc) is 2.21. The smallest absolute Gasteiger partial charge is 0.408 e. The van der Waals surface area contributed by atoms with E-state index < -0.39 is 23.8 Å². The molecule has 0 aromatic rings. The maximum absolute atomic E-state index is 12.0. The predicted molar refractivity (Wildman–Crippen MR) is 77.3 cm³/mol. The van der Waals surface area contributed by atoms with Crippen LogP contribution in [0.4, 0.5) is 4.79 Å². The number of hydrogen-bond acceptors (Lipinski definition) is 4. The average molecular weight is 288 g/mol. The fourth-order valence-corrected chi connectivity index (χ4v) is 1.52. The van der Waals surface area contributed by atoms with Gasteiger partial charge in [-0.1, -0.05) is 13.8 Å². The monoisotopic (exact) mass is 288 g/mol. The summed E-state index contributed by atoms with van der Waals surface area (Å²) in [5.41, 5.74) is -0.609. The van der Waals surface area contributed by atoms with E-state index in [9.17, 15) is 14.7 Å². The van der Waals surface area contributed by atoms with Crippen molar-refractivity contribution in [1.82, 2.24) is 10.6 Å². The van der Waals surface area contributed by atoms with Crippen LogP contribution in [0.2, 0.25) is 0 Å². The zero-order valence-electron chi connectivity index (χ0n) is 13.3. The summed E-state index contributed by atoms with van der Waals surface area (Å²) in [5.74, 6) is -0.0716. The SMILES string of the molecule is CC(C)C[C@H](NC(=O)OC(C)(C)C)C(=O)NC[C@H](C)O. The number of carbonyl (C=O) groups is 2. The van der Waals surface area contributed by atoms with Gasteiger partial charge in [0.05, 0.1) is 6.10 Å². The van der Waals surface area contributed by atoms with Crippen molar-refractivity contribution in [2.45, 2.75) is 65.7 Å². The number of alkyl carbamates (subject to hydrolysis) is 1. The summed E-state index contributed by atoms with van der Waals surface area (Å²) in [5, 5.41) is 14.3. The lowest BCUT2D eigenvalue weighted by Gasteiger charge is -2.24. The van der Waals surface area contributed by atoms with Crippen LogP contribution in [-0.2, 0) is 9.53 Å². The molecule has 0 aliphatic rings. The van der Waals surface area contributed by atoms with Gasteiger partial charge in [0.1, 0.15) is 11.6 Å². The molecule has 6 nitrogen and oxygen atoms in total. The van der Waals surface area contributed by atoms with E-state index >= 15 is 0 Å². The van der Waals surface area contributed by atoms with Crippen molar-refractivity contribution in [3.05, 3.63) is 0 Å². The molecular weight excluding hydrogens is 260 g/mol. The van der Waals surface area contributed by atoms with Crippen LogP contribution >= 0.6 is 0 Å². The minimum absolute atomic E-state index is 0.156. The second-order valence-corrected chi connectivity index (χ2v) is 6.42. The Kier molecular flexibility index (Phi) is 7.57. The van der Waals surface area contributed by atoms with Crippen LogP contribution in [0.25, 0.3) is 0 Å². The van der Waals surface area contributed by atoms with E-state index in [2.05, 4.69) is 10.6 Å². The molecule has 0 fully saturated rings. The summed E-state index contributed by atoms with van der Waals surface area (Å²) < 4.78 is 5.15. The number of aliphatic hydroxyl groups is 1. The summed E-state index contributed by atoms with van der Waals surface area (Å²) in [7, 11) is 0. The molecule has 0 aliphatic heterocycles. The zero-order chi connectivity index (χ0) is 15.9. The van der Waals surface area contributed by atoms with Gasteiger partial charge >= 0.3 is 6.09 Å². The van der Waals surface area contributed by atoms with Crippen LogP contribution in [0.1, 0.15) is 48.0 Å². The van der Waals surface area contributed by atoms with E-state index in [4.69, 9.17) is 4.74 Å². The normalized spacial score (nSPS) is 14.6. The van der Waals surface area contributed by atoms with Crippen LogP contribution < -0.4 is 10.6 Å². The van der Waals surface area contributed by atoms with E-state index in [1.165, 1.54) is 0 Å². The number of hydrogen-bond donors (Lipinski definition) is 3. The molecule has 6 heteroatoms. The van der Waals surface area contributed by atoms with Crippen molar-refractivity contribution < 1.29 is 19.4 Å². The Morgan fingerprint density at radius 1 is 1.20 bits per heavy atom. The van der Waals surface area contributed by atoms with Gasteiger partial charge in [0, 0.05) is 6.54 Å². The van der Waals surface area contributed by atoms with Crippen molar-refractivity contribution in [3.63, 3.8) is 0 Å². The fourth-order valence-electron chi connectivity index (χ4n) is 1.52. The number of carbonyl (C=O) groups excluding carboxylic acids is 2. The highest BCUT2D eigenvalue weighted by Crippen LogP contribution is 2.09. The van der Waals surface area contributed by atoms with Crippen molar-refractivity contribution in [2.24, 2.45) is 5.92 Å². The Balaban J connectivity index is 4.55. The summed E-state index contributed by atoms with van der Waals surface area (Å²) in [4.78, 5) is 23.7. The van der Waals surface area contributed by atoms with Crippen LogP contribution in [0.15, 0.2) is 0 Å². The van der Waals surface area contributed by atoms with Gasteiger partial charge in [-0.25, -0.2) is 4.79 Å². The zero-order valence-corrected chi connectivity index (χ0v) is 13.3. The second kappa shape index (κ2) is 8.09. The fraction of sp³-hybridized carbons (Fsp3) is 0.857. The summed E-state index contributed by atoms with van der Waals surface area (Å²) in [6.07, 6.45) is -0.735. The van der Waals surface area contributed by atoms with E-state index in [0.29, 0.717) is 6.42 Å². The third-order valence-corrected chi connectivity index (χ3v) is 2.29. The molecule has 0 aromatic carbocycles. The lowest BCUT2D eigenvalue weighted by Crippen LogP contribution is -2.49. The number of nitrogens with one attached hydrogen (secondary N) is 2. The lowest BCUT2D eigenvalue weighted by atomic mass is 10.0. The molecule has 2 atom stereocenters. The van der Waals surface area contributed by atoms with Gasteiger partial charge in [0.25, 0.3) is 0 Å². The van der Waals surface area contributed by atoms with Gasteiger partial charge in [-0.2, -0.15) is 0 Å². The first-order valence-electron chi connectivity index (χ1n) is 6.96. The van der Waals surface area contributed by atoms with E-state index in [1.807, 2.05) is 13.8 Å². The molecule has 0 saturated carbocycles. The first-order valence-corrected chi connectivity index (χ1v) is 6.96. The maximum atomic E-state index is 12.0. The van der Waals surface area contributed by atoms with Gasteiger partial charge in [0.2, 0.25) is 5.91 Å². The predicted octanol–water partition coefficient (Wildman–Crippen LogP) is 1.42. The van der Waals surface area contributed by atoms with Crippen molar-refractivity contribution in [3.8, 4) is 0 Å². The minimum Gasteiger partial charge on any atom is -0.444 e. The van der Waals surface area contributed by atoms with E-state index in [1.54, 1.807) is 27.7 Å². The standard InChI is InChI=1S/C14H28N2O4/c1-9(2)7-11(12(18)15-8-10(3)17)16-13(19)20-14(4,5)6/h9-11,17H,7-8H2,1-6H3,(H,15,18)(H,16,19)/t10-,11-/m0/s1. The molecule has 2 amide bonds. The molecule has 0 radical (unpaired) electrons. The van der Waals surface area contributed by atoms with E-state index in [0.717, 1.165) is 0 Å². The number of rotatable bonds is 6. The number of ether oxygens (including phenoxy) is 1. The van der Waals surface area contributed by atoms with Crippen molar-refractivity contribution in [1.29, 1.82) is 0 Å². The molecule has 20 heavy (non-hydrogen) atoms. The van der Waals surface area contributed by atoms with Crippen LogP contribution in [-0.4, -0.2) is 41.4 Å². The third kappa shape index (κ3) is 9.61. The molecule has 0 unspecified atom stereocenters. The quantitative estimate of drug-likeness (QED) is 0.690. The van der Waals surface area contributed by atoms with E-state index in [-0.39, 0.29) is 18.4 Å². The first kappa shape index (κ1) is 18.7. The van der Waals surface area contributed by atoms with Crippen LogP contribution in [0.5, 0.6) is 0 Å². The Morgan fingerprint density at radius 3 is 2.15 bits per heavy atom. The molecule has 0 spiro atoms. The van der Waals surface area contributed by atoms with Gasteiger partial charge < -0.3 is 20.5 Å². The molecule has 118 valence electrons. The third-order valence-electron chi connectivity index (χ3n) is 2.29. The number of aliphatic hydroxyl groups excluding tert-OH is 1. The first-order chi connectivity index (χ1) is 9.01. The molecule has 3 N–H and O–H groups in total. The molecule has 0 heterocycles. The van der Waals surface area contributed by atoms with Gasteiger partial charge in [-0.15, -0.1) is 0 Å². The molecule has 0 aliphatic carbocycles. The van der Waals surface area contributed by atoms with Crippen molar-refractivity contribution in [2.75, 3.05) is 6.54 Å². The van der Waals surface area contributed by atoms with Gasteiger partial charge in [0.15, 0.2) is 0 Å². The van der Waals surface area contributed by atoms with Crippen LogP contribution in [0, 0.1) is 5.92 Å². The highest BCUT2D eigenvalue weighted by molar-refractivity contribution is 5.85. The Labute approximate surface area is 121 Å². The van der Waals surface area contributed by atoms with Gasteiger partial charge in [-0.05, 0) is 40.0 Å². The Bertz CT molecular complexity index is 322. The summed E-state index contributed by atoms with van der Waals surface area (Å²) in [6.45, 7) is 11.0. The largest absolute Gasteiger partial charge is 0.444 e. The van der Waals surface area contributed by atoms with Gasteiger partial charge in [-0.3, -0.25) is 4.79 Å². The lowest BCUT2D eigenvalue weighted by molar-refractivity contribution is -0.124. The van der Waals surface area contributed by atoms with Crippen LogP contribution in [0.3, 0.4) is 0 Å². The highest BCUT2D eigenvalue weighted by atomic mass is 16.6. The molecule has 0 aromatic heterocycles. The molecule has 0 saturated heterocycles. The Hall–Kier alpha value is -1.30. The van der Waals surface area contributed by atoms with Crippen molar-refractivity contribution >= 4 is 12.0 Å². The number of amides is 2. The topological polar surface area (TPSA) is 87.7 Å². The maximum Gasteiger partial charge on any atom is 0.408 e. The summed E-state index contributed by atoms with van der Waals surface area (Å²) >= 11 is 0. The Morgan fingerprint density at radius 2 is 1.75 bits per heavy atom. The molecular formula is C14H28N2O4. The molecule has 0 rings (SSSR count). The molecule has 0 bridgehead atoms. The second-order valence-electron chi connectivity index (χ2n) is 6.42. The highest BCUT2D eigenvalue weighted by Gasteiger charge is 2.25. The summed E-state index contributed by atoms with van der Waals surface area (Å²) in [6, 6.07) is -0.663. The minimum atomic E-state index is -0.663.